The van der Waals surface area contributed by atoms with Gasteiger partial charge in [0.2, 0.25) is 0 Å². The van der Waals surface area contributed by atoms with E-state index < -0.39 is 0 Å². The van der Waals surface area contributed by atoms with E-state index in [0.717, 1.165) is 0 Å². The monoisotopic (exact) mass is 338 g/mol. The van der Waals surface area contributed by atoms with Crippen molar-refractivity contribution in [3.8, 4) is 5.69 Å². The van der Waals surface area contributed by atoms with Crippen LogP contribution in [0, 0.1) is 0 Å². The number of nitrogens with one attached hydrogen (secondary N) is 1. The molecule has 1 N–H and O–H groups in total. The highest BCUT2D eigenvalue weighted by Gasteiger charge is 2.17. The molecule has 0 saturated heterocycles. The highest BCUT2D eigenvalue weighted by Crippen LogP contribution is 2.40. The second-order valence-electron chi connectivity index (χ2n) is 6.37. The van der Waals surface area contributed by atoms with Crippen LogP contribution in [0.3, 0.4) is 0 Å². The molecule has 25 heavy (non-hydrogen) atoms. The number of rotatable bonds is 1. The summed E-state index contributed by atoms with van der Waals surface area (Å²) in [5, 5.41) is 7.37. The van der Waals surface area contributed by atoms with Crippen LogP contribution < -0.4 is 0 Å². The molecule has 118 valence electrons. The van der Waals surface area contributed by atoms with Crippen molar-refractivity contribution in [2.75, 3.05) is 0 Å². The number of aromatic nitrogens is 2. The fourth-order valence-electron chi connectivity index (χ4n) is 3.96. The van der Waals surface area contributed by atoms with Crippen LogP contribution >= 0.6 is 11.3 Å². The van der Waals surface area contributed by atoms with Gasteiger partial charge in [0, 0.05) is 32.7 Å². The molecule has 3 aromatic heterocycles. The summed E-state index contributed by atoms with van der Waals surface area (Å²) < 4.78 is 2.40. The lowest BCUT2D eigenvalue weighted by Crippen LogP contribution is -1.92. The maximum absolute atomic E-state index is 3.67. The smallest absolute Gasteiger partial charge is 0.108 e. The number of aromatic amines is 1. The van der Waals surface area contributed by atoms with Crippen LogP contribution in [0.4, 0.5) is 0 Å². The summed E-state index contributed by atoms with van der Waals surface area (Å²) in [7, 11) is 0. The van der Waals surface area contributed by atoms with Crippen LogP contribution in [0.25, 0.3) is 48.6 Å². The van der Waals surface area contributed by atoms with Crippen molar-refractivity contribution in [2.45, 2.75) is 0 Å². The highest BCUT2D eigenvalue weighted by atomic mass is 32.1. The summed E-state index contributed by atoms with van der Waals surface area (Å²) >= 11 is 1.80. The van der Waals surface area contributed by atoms with Gasteiger partial charge in [-0.1, -0.05) is 48.5 Å². The zero-order valence-electron chi connectivity index (χ0n) is 13.4. The fourth-order valence-corrected chi connectivity index (χ4v) is 4.90. The van der Waals surface area contributed by atoms with Gasteiger partial charge in [-0.3, -0.25) is 4.57 Å². The number of benzene rings is 3. The number of H-pyrrole nitrogens is 1. The number of fused-ring (bicyclic) bond motifs is 7. The molecule has 0 atom stereocenters. The molecule has 3 aromatic carbocycles. The van der Waals surface area contributed by atoms with Gasteiger partial charge < -0.3 is 4.98 Å². The van der Waals surface area contributed by atoms with Crippen LogP contribution in [-0.2, 0) is 0 Å². The van der Waals surface area contributed by atoms with E-state index in [4.69, 9.17) is 0 Å². The van der Waals surface area contributed by atoms with Gasteiger partial charge in [-0.05, 0) is 29.6 Å². The largest absolute Gasteiger partial charge is 0.353 e. The minimum Gasteiger partial charge on any atom is -0.353 e. The third kappa shape index (κ3) is 1.68. The van der Waals surface area contributed by atoms with Gasteiger partial charge in [0.05, 0.1) is 11.0 Å². The Morgan fingerprint density at radius 1 is 0.680 bits per heavy atom. The summed E-state index contributed by atoms with van der Waals surface area (Å²) in [4.78, 5) is 4.96. The lowest BCUT2D eigenvalue weighted by atomic mass is 10.1. The summed E-state index contributed by atoms with van der Waals surface area (Å²) in [6, 6.07) is 25.9. The van der Waals surface area contributed by atoms with E-state index in [1.807, 2.05) is 0 Å². The van der Waals surface area contributed by atoms with E-state index >= 15 is 0 Å². The molecule has 6 rings (SSSR count). The van der Waals surface area contributed by atoms with Gasteiger partial charge >= 0.3 is 0 Å². The van der Waals surface area contributed by atoms with Crippen LogP contribution in [0.5, 0.6) is 0 Å². The summed E-state index contributed by atoms with van der Waals surface area (Å²) in [6.45, 7) is 0. The quantitative estimate of drug-likeness (QED) is 0.354. The van der Waals surface area contributed by atoms with Gasteiger partial charge in [-0.25, -0.2) is 0 Å². The second-order valence-corrected chi connectivity index (χ2v) is 7.26. The van der Waals surface area contributed by atoms with Crippen LogP contribution in [0.2, 0.25) is 0 Å². The number of hydrogen-bond acceptors (Lipinski definition) is 1. The van der Waals surface area contributed by atoms with Gasteiger partial charge in [0.1, 0.15) is 4.83 Å². The summed E-state index contributed by atoms with van der Waals surface area (Å²) in [6.07, 6.45) is 0. The predicted molar refractivity (Wildman–Crippen MR) is 108 cm³/mol. The maximum Gasteiger partial charge on any atom is 0.108 e. The van der Waals surface area contributed by atoms with Gasteiger partial charge in [0.25, 0.3) is 0 Å². The Balaban J connectivity index is 1.91. The SMILES string of the molecule is c1ccc(-n2c3sccc3c3ccc4c5ccccc5[nH]c4c32)cc1. The predicted octanol–water partition coefficient (Wildman–Crippen LogP) is 6.48. The van der Waals surface area contributed by atoms with Crippen molar-refractivity contribution < 1.29 is 0 Å². The van der Waals surface area contributed by atoms with Crippen molar-refractivity contribution in [1.82, 2.24) is 9.55 Å². The van der Waals surface area contributed by atoms with E-state index in [0.29, 0.717) is 0 Å². The average molecular weight is 338 g/mol. The van der Waals surface area contributed by atoms with E-state index in [9.17, 15) is 0 Å². The Kier molecular flexibility index (Phi) is 2.52. The first-order valence-electron chi connectivity index (χ1n) is 8.38. The lowest BCUT2D eigenvalue weighted by Gasteiger charge is -2.07. The molecule has 0 amide bonds. The van der Waals surface area contributed by atoms with Crippen molar-refractivity contribution in [3.63, 3.8) is 0 Å². The molecular weight excluding hydrogens is 324 g/mol. The first-order chi connectivity index (χ1) is 12.4. The molecule has 3 heteroatoms. The van der Waals surface area contributed by atoms with Gasteiger partial charge in [0.15, 0.2) is 0 Å². The minimum absolute atomic E-state index is 1.19. The Labute approximate surface area is 147 Å². The standard InChI is InChI=1S/C22H14N2S/c1-2-6-14(7-3-1)24-21-17(18-12-13-25-22(18)24)11-10-16-15-8-4-5-9-19(15)23-20(16)21/h1-13,23H. The van der Waals surface area contributed by atoms with E-state index in [1.54, 1.807) is 11.3 Å². The van der Waals surface area contributed by atoms with E-state index in [1.165, 1.54) is 48.6 Å². The van der Waals surface area contributed by atoms with E-state index in [2.05, 4.69) is 87.7 Å². The highest BCUT2D eigenvalue weighted by molar-refractivity contribution is 7.17. The van der Waals surface area contributed by atoms with Crippen molar-refractivity contribution in [2.24, 2.45) is 0 Å². The third-order valence-electron chi connectivity index (χ3n) is 5.03. The molecule has 0 fully saturated rings. The molecular formula is C22H14N2S. The molecule has 3 heterocycles. The Morgan fingerprint density at radius 2 is 1.48 bits per heavy atom. The molecule has 0 aliphatic heterocycles. The average Bonchev–Trinajstić information content (AvgIpc) is 3.34. The van der Waals surface area contributed by atoms with Crippen molar-refractivity contribution in [3.05, 3.63) is 78.2 Å². The molecule has 0 unspecified atom stereocenters. The minimum atomic E-state index is 1.19. The van der Waals surface area contributed by atoms with Crippen molar-refractivity contribution in [1.29, 1.82) is 0 Å². The van der Waals surface area contributed by atoms with Gasteiger partial charge in [-0.15, -0.1) is 11.3 Å². The Bertz CT molecular complexity index is 1380. The Morgan fingerprint density at radius 3 is 2.40 bits per heavy atom. The fraction of sp³-hybridized carbons (Fsp3) is 0. The van der Waals surface area contributed by atoms with Gasteiger partial charge in [-0.2, -0.15) is 0 Å². The summed E-state index contributed by atoms with van der Waals surface area (Å²) in [5.74, 6) is 0. The first kappa shape index (κ1) is 13.3. The zero-order chi connectivity index (χ0) is 16.4. The molecule has 0 radical (unpaired) electrons. The molecule has 0 spiro atoms. The number of nitrogens with zero attached hydrogens (tertiary/aromatic N) is 1. The number of thiophene rings is 1. The van der Waals surface area contributed by atoms with Crippen LogP contribution in [0.1, 0.15) is 0 Å². The van der Waals surface area contributed by atoms with E-state index in [-0.39, 0.29) is 0 Å². The molecule has 2 nitrogen and oxygen atoms in total. The third-order valence-corrected chi connectivity index (χ3v) is 5.93. The molecule has 6 aromatic rings. The first-order valence-corrected chi connectivity index (χ1v) is 9.26. The number of para-hydroxylation sites is 2. The van der Waals surface area contributed by atoms with Crippen LogP contribution in [-0.4, -0.2) is 9.55 Å². The molecule has 0 aliphatic carbocycles. The number of hydrogen-bond donors (Lipinski definition) is 1. The zero-order valence-corrected chi connectivity index (χ0v) is 14.2. The maximum atomic E-state index is 3.67. The normalized spacial score (nSPS) is 12.0. The second kappa shape index (κ2) is 4.74. The topological polar surface area (TPSA) is 20.7 Å². The lowest BCUT2D eigenvalue weighted by molar-refractivity contribution is 1.20. The summed E-state index contributed by atoms with van der Waals surface area (Å²) in [5.41, 5.74) is 4.87. The van der Waals surface area contributed by atoms with Crippen molar-refractivity contribution >= 4 is 54.3 Å². The molecule has 0 aliphatic rings. The van der Waals surface area contributed by atoms with Crippen LogP contribution in [0.15, 0.2) is 78.2 Å². The molecule has 0 bridgehead atoms. The molecule has 0 saturated carbocycles. The Hall–Kier alpha value is -3.04.